The zero-order valence-corrected chi connectivity index (χ0v) is 8.33. The van der Waals surface area contributed by atoms with Crippen molar-refractivity contribution < 1.29 is 4.74 Å². The van der Waals surface area contributed by atoms with Gasteiger partial charge in [0.25, 0.3) is 0 Å². The number of hydrogen-bond donors (Lipinski definition) is 1. The Balaban J connectivity index is 1.78. The largest absolute Gasteiger partial charge is 0.379 e. The molecule has 0 aromatic rings. The zero-order chi connectivity index (χ0) is 9.10. The fourth-order valence-electron chi connectivity index (χ4n) is 1.59. The second kappa shape index (κ2) is 4.37. The van der Waals surface area contributed by atoms with Crippen LogP contribution in [0.4, 0.5) is 0 Å². The lowest BCUT2D eigenvalue weighted by Crippen LogP contribution is -2.55. The first-order valence-electron chi connectivity index (χ1n) is 5.26. The predicted molar refractivity (Wildman–Crippen MR) is 50.9 cm³/mol. The van der Waals surface area contributed by atoms with Crippen molar-refractivity contribution in [2.45, 2.75) is 25.8 Å². The third-order valence-corrected chi connectivity index (χ3v) is 2.54. The molecular formula is C9H19N3O. The van der Waals surface area contributed by atoms with Crippen molar-refractivity contribution >= 4 is 0 Å². The number of morpholine rings is 1. The fourth-order valence-corrected chi connectivity index (χ4v) is 1.59. The van der Waals surface area contributed by atoms with Crippen LogP contribution in [0.1, 0.15) is 19.8 Å². The van der Waals surface area contributed by atoms with Crippen LogP contribution >= 0.6 is 0 Å². The minimum Gasteiger partial charge on any atom is -0.379 e. The van der Waals surface area contributed by atoms with Gasteiger partial charge in [-0.1, -0.05) is 0 Å². The van der Waals surface area contributed by atoms with Crippen molar-refractivity contribution in [3.8, 4) is 0 Å². The molecule has 0 amide bonds. The summed E-state index contributed by atoms with van der Waals surface area (Å²) in [5, 5.41) is 4.60. The number of ether oxygens (including phenoxy) is 1. The summed E-state index contributed by atoms with van der Waals surface area (Å²) >= 11 is 0. The summed E-state index contributed by atoms with van der Waals surface area (Å²) in [6.45, 7) is 6.99. The molecule has 2 aliphatic rings. The fraction of sp³-hybridized carbons (Fsp3) is 1.00. The van der Waals surface area contributed by atoms with Crippen LogP contribution in [0, 0.1) is 0 Å². The molecule has 1 N–H and O–H groups in total. The molecule has 1 aliphatic heterocycles. The zero-order valence-electron chi connectivity index (χ0n) is 8.33. The number of rotatable bonds is 4. The molecule has 76 valence electrons. The molecule has 0 aromatic carbocycles. The quantitative estimate of drug-likeness (QED) is 0.634. The molecule has 0 radical (unpaired) electrons. The topological polar surface area (TPSA) is 27.7 Å². The van der Waals surface area contributed by atoms with Gasteiger partial charge in [0, 0.05) is 25.7 Å². The summed E-state index contributed by atoms with van der Waals surface area (Å²) in [7, 11) is 0. The maximum atomic E-state index is 5.32. The molecule has 0 spiro atoms. The van der Waals surface area contributed by atoms with Gasteiger partial charge in [0.05, 0.1) is 13.2 Å². The Morgan fingerprint density at radius 1 is 1.38 bits per heavy atom. The molecule has 1 heterocycles. The van der Waals surface area contributed by atoms with Crippen LogP contribution in [0.25, 0.3) is 0 Å². The van der Waals surface area contributed by atoms with E-state index in [0.29, 0.717) is 0 Å². The first-order chi connectivity index (χ1) is 6.40. The van der Waals surface area contributed by atoms with Gasteiger partial charge in [-0.3, -0.25) is 0 Å². The van der Waals surface area contributed by atoms with E-state index in [4.69, 9.17) is 4.74 Å². The van der Waals surface area contributed by atoms with Crippen LogP contribution in [0.3, 0.4) is 0 Å². The monoisotopic (exact) mass is 185 g/mol. The molecule has 1 saturated heterocycles. The smallest absolute Gasteiger partial charge is 0.0608 e. The molecule has 4 nitrogen and oxygen atoms in total. The molecule has 1 saturated carbocycles. The first-order valence-corrected chi connectivity index (χ1v) is 5.26. The lowest BCUT2D eigenvalue weighted by atomic mass is 10.5. The Hall–Kier alpha value is -0.160. The number of nitrogens with zero attached hydrogens (tertiary/aromatic N) is 2. The van der Waals surface area contributed by atoms with Crippen LogP contribution in [0.5, 0.6) is 0 Å². The Morgan fingerprint density at radius 2 is 2.08 bits per heavy atom. The van der Waals surface area contributed by atoms with Crippen molar-refractivity contribution in [3.63, 3.8) is 0 Å². The van der Waals surface area contributed by atoms with E-state index in [2.05, 4.69) is 22.5 Å². The number of hydrazine groups is 2. The Morgan fingerprint density at radius 3 is 2.62 bits per heavy atom. The van der Waals surface area contributed by atoms with Crippen LogP contribution in [-0.4, -0.2) is 49.0 Å². The molecule has 1 aliphatic carbocycles. The van der Waals surface area contributed by atoms with Gasteiger partial charge in [-0.2, -0.15) is 5.12 Å². The summed E-state index contributed by atoms with van der Waals surface area (Å²) in [5.74, 6) is 0. The van der Waals surface area contributed by atoms with Gasteiger partial charge in [0.1, 0.15) is 0 Å². The van der Waals surface area contributed by atoms with E-state index in [1.54, 1.807) is 0 Å². The van der Waals surface area contributed by atoms with Gasteiger partial charge in [-0.15, -0.1) is 0 Å². The van der Waals surface area contributed by atoms with Gasteiger partial charge in [-0.25, -0.2) is 10.4 Å². The Bertz CT molecular complexity index is 155. The first kappa shape index (κ1) is 9.40. The highest BCUT2D eigenvalue weighted by molar-refractivity contribution is 4.79. The highest BCUT2D eigenvalue weighted by atomic mass is 16.5. The third-order valence-electron chi connectivity index (χ3n) is 2.54. The molecule has 4 heteroatoms. The van der Waals surface area contributed by atoms with Gasteiger partial charge in [-0.05, 0) is 19.8 Å². The highest BCUT2D eigenvalue weighted by Gasteiger charge is 2.26. The van der Waals surface area contributed by atoms with E-state index in [-0.39, 0.29) is 0 Å². The van der Waals surface area contributed by atoms with Crippen LogP contribution < -0.4 is 5.43 Å². The van der Waals surface area contributed by atoms with E-state index in [1.165, 1.54) is 12.8 Å². The van der Waals surface area contributed by atoms with Crippen molar-refractivity contribution in [2.24, 2.45) is 0 Å². The second-order valence-electron chi connectivity index (χ2n) is 3.69. The third kappa shape index (κ3) is 2.64. The molecule has 13 heavy (non-hydrogen) atoms. The SMILES string of the molecule is CCN(NC1CC1)N1CCOCC1. The van der Waals surface area contributed by atoms with Gasteiger partial charge in [0.2, 0.25) is 0 Å². The lowest BCUT2D eigenvalue weighted by Gasteiger charge is -2.36. The summed E-state index contributed by atoms with van der Waals surface area (Å²) < 4.78 is 5.32. The summed E-state index contributed by atoms with van der Waals surface area (Å²) in [5.41, 5.74) is 3.51. The van der Waals surface area contributed by atoms with Gasteiger partial charge in [0.15, 0.2) is 0 Å². The van der Waals surface area contributed by atoms with Crippen molar-refractivity contribution in [2.75, 3.05) is 32.8 Å². The van der Waals surface area contributed by atoms with Gasteiger partial charge >= 0.3 is 0 Å². The van der Waals surface area contributed by atoms with E-state index in [0.717, 1.165) is 38.9 Å². The molecule has 2 fully saturated rings. The molecule has 0 unspecified atom stereocenters. The molecule has 2 rings (SSSR count). The highest BCUT2D eigenvalue weighted by Crippen LogP contribution is 2.19. The lowest BCUT2D eigenvalue weighted by molar-refractivity contribution is -0.118. The standard InChI is InChI=1S/C9H19N3O/c1-2-12(10-9-3-4-9)11-5-7-13-8-6-11/h9-10H,2-8H2,1H3. The van der Waals surface area contributed by atoms with E-state index >= 15 is 0 Å². The van der Waals surface area contributed by atoms with Crippen molar-refractivity contribution in [3.05, 3.63) is 0 Å². The summed E-state index contributed by atoms with van der Waals surface area (Å²) in [4.78, 5) is 0. The minimum absolute atomic E-state index is 0.739. The summed E-state index contributed by atoms with van der Waals surface area (Å²) in [6.07, 6.45) is 2.67. The molecule has 0 aromatic heterocycles. The Kier molecular flexibility index (Phi) is 3.16. The van der Waals surface area contributed by atoms with E-state index < -0.39 is 0 Å². The van der Waals surface area contributed by atoms with Crippen LogP contribution in [0.2, 0.25) is 0 Å². The summed E-state index contributed by atoms with van der Waals surface area (Å²) in [6, 6.07) is 0.739. The average Bonchev–Trinajstić information content (AvgIpc) is 2.99. The Labute approximate surface area is 79.8 Å². The minimum atomic E-state index is 0.739. The normalized spacial score (nSPS) is 25.4. The van der Waals surface area contributed by atoms with Gasteiger partial charge < -0.3 is 4.74 Å². The van der Waals surface area contributed by atoms with E-state index in [9.17, 15) is 0 Å². The average molecular weight is 185 g/mol. The van der Waals surface area contributed by atoms with Crippen LogP contribution in [0.15, 0.2) is 0 Å². The van der Waals surface area contributed by atoms with Crippen molar-refractivity contribution in [1.82, 2.24) is 15.6 Å². The maximum Gasteiger partial charge on any atom is 0.0608 e. The number of nitrogens with one attached hydrogen (secondary N) is 1. The second-order valence-corrected chi connectivity index (χ2v) is 3.69. The maximum absolute atomic E-state index is 5.32. The van der Waals surface area contributed by atoms with Crippen molar-refractivity contribution in [1.29, 1.82) is 0 Å². The predicted octanol–water partition coefficient (Wildman–Crippen LogP) is 0.222. The molecule has 0 atom stereocenters. The molecular weight excluding hydrogens is 166 g/mol. The molecule has 0 bridgehead atoms. The van der Waals surface area contributed by atoms with E-state index in [1.807, 2.05) is 0 Å². The number of hydrogen-bond acceptors (Lipinski definition) is 4. The van der Waals surface area contributed by atoms with Crippen LogP contribution in [-0.2, 0) is 4.74 Å².